The number of likely N-dealkylation sites (tertiary alicyclic amines) is 1. The minimum absolute atomic E-state index is 0.0820. The van der Waals surface area contributed by atoms with Crippen molar-refractivity contribution in [3.05, 3.63) is 59.0 Å². The van der Waals surface area contributed by atoms with Gasteiger partial charge in [0.1, 0.15) is 12.4 Å². The predicted molar refractivity (Wildman–Crippen MR) is 85.1 cm³/mol. The molecule has 0 bridgehead atoms. The third-order valence-corrected chi connectivity index (χ3v) is 4.63. The maximum atomic E-state index is 12.9. The molecule has 1 saturated heterocycles. The fraction of sp³-hybridized carbons (Fsp3) is 0.389. The van der Waals surface area contributed by atoms with Crippen LogP contribution >= 0.6 is 0 Å². The zero-order valence-corrected chi connectivity index (χ0v) is 13.8. The van der Waals surface area contributed by atoms with Crippen molar-refractivity contribution < 1.29 is 32.6 Å². The first kappa shape index (κ1) is 18.5. The maximum Gasteiger partial charge on any atom is 0.416 e. The number of amides is 1. The van der Waals surface area contributed by atoms with Crippen molar-refractivity contribution >= 4 is 5.91 Å². The Bertz CT molecular complexity index is 792. The lowest BCUT2D eigenvalue weighted by atomic mass is 9.83. The number of hydrogen-bond donors (Lipinski definition) is 2. The number of hydrogen-bond acceptors (Lipinski definition) is 4. The average Bonchev–Trinajstić information content (AvgIpc) is 3.10. The van der Waals surface area contributed by atoms with Crippen molar-refractivity contribution in [2.45, 2.75) is 31.2 Å². The Balaban J connectivity index is 1.72. The summed E-state index contributed by atoms with van der Waals surface area (Å²) in [6.45, 7) is 0.0457. The molecule has 1 amide bonds. The maximum absolute atomic E-state index is 12.9. The van der Waals surface area contributed by atoms with Crippen LogP contribution in [0.1, 0.15) is 40.3 Å². The Kier molecular flexibility index (Phi) is 4.81. The number of rotatable bonds is 3. The Morgan fingerprint density at radius 3 is 2.46 bits per heavy atom. The van der Waals surface area contributed by atoms with E-state index in [0.717, 1.165) is 12.1 Å². The standard InChI is InChI=1S/C18H18F3NO4/c19-18(20,21)13-3-1-2-12(10-13)17(25)6-8-22(9-7-17)16(24)15-5-4-14(11-23)26-15/h1-5,10,23,25H,6-9,11H2. The first-order valence-corrected chi connectivity index (χ1v) is 8.12. The molecule has 2 aromatic rings. The van der Waals surface area contributed by atoms with Gasteiger partial charge in [-0.05, 0) is 42.7 Å². The highest BCUT2D eigenvalue weighted by Crippen LogP contribution is 2.37. The molecule has 26 heavy (non-hydrogen) atoms. The third-order valence-electron chi connectivity index (χ3n) is 4.63. The number of nitrogens with zero attached hydrogens (tertiary/aromatic N) is 1. The molecule has 2 heterocycles. The summed E-state index contributed by atoms with van der Waals surface area (Å²) < 4.78 is 43.9. The van der Waals surface area contributed by atoms with Gasteiger partial charge < -0.3 is 19.5 Å². The summed E-state index contributed by atoms with van der Waals surface area (Å²) in [5, 5.41) is 19.8. The second-order valence-electron chi connectivity index (χ2n) is 6.33. The lowest BCUT2D eigenvalue weighted by molar-refractivity contribution is -0.137. The Morgan fingerprint density at radius 2 is 1.88 bits per heavy atom. The summed E-state index contributed by atoms with van der Waals surface area (Å²) in [7, 11) is 0. The molecular formula is C18H18F3NO4. The van der Waals surface area contributed by atoms with Crippen molar-refractivity contribution in [1.82, 2.24) is 4.90 Å². The van der Waals surface area contributed by atoms with E-state index in [2.05, 4.69) is 0 Å². The van der Waals surface area contributed by atoms with Crippen molar-refractivity contribution in [1.29, 1.82) is 0 Å². The minimum atomic E-state index is -4.48. The van der Waals surface area contributed by atoms with E-state index in [0.29, 0.717) is 0 Å². The van der Waals surface area contributed by atoms with Crippen LogP contribution in [0.4, 0.5) is 13.2 Å². The van der Waals surface area contributed by atoms with Gasteiger partial charge in [-0.25, -0.2) is 0 Å². The summed E-state index contributed by atoms with van der Waals surface area (Å²) in [6, 6.07) is 7.61. The van der Waals surface area contributed by atoms with Gasteiger partial charge >= 0.3 is 6.18 Å². The number of furan rings is 1. The molecule has 0 radical (unpaired) electrons. The molecule has 1 aliphatic heterocycles. The van der Waals surface area contributed by atoms with Crippen LogP contribution in [0, 0.1) is 0 Å². The number of aliphatic hydroxyl groups excluding tert-OH is 1. The van der Waals surface area contributed by atoms with E-state index in [1.54, 1.807) is 0 Å². The van der Waals surface area contributed by atoms with Crippen LogP contribution in [0.2, 0.25) is 0 Å². The number of aliphatic hydroxyl groups is 2. The van der Waals surface area contributed by atoms with E-state index in [9.17, 15) is 23.1 Å². The summed E-state index contributed by atoms with van der Waals surface area (Å²) in [6.07, 6.45) is -4.24. The molecule has 3 rings (SSSR count). The monoisotopic (exact) mass is 369 g/mol. The number of carbonyl (C=O) groups is 1. The molecule has 0 spiro atoms. The molecular weight excluding hydrogens is 351 g/mol. The zero-order valence-electron chi connectivity index (χ0n) is 13.8. The molecule has 1 aliphatic rings. The number of benzene rings is 1. The van der Waals surface area contributed by atoms with E-state index >= 15 is 0 Å². The molecule has 0 aliphatic carbocycles. The number of alkyl halides is 3. The van der Waals surface area contributed by atoms with Crippen LogP contribution in [0.25, 0.3) is 0 Å². The molecule has 0 saturated carbocycles. The molecule has 1 aromatic heterocycles. The smallest absolute Gasteiger partial charge is 0.416 e. The van der Waals surface area contributed by atoms with E-state index in [1.807, 2.05) is 0 Å². The topological polar surface area (TPSA) is 73.9 Å². The highest BCUT2D eigenvalue weighted by Gasteiger charge is 2.38. The first-order valence-electron chi connectivity index (χ1n) is 8.12. The highest BCUT2D eigenvalue weighted by atomic mass is 19.4. The van der Waals surface area contributed by atoms with Gasteiger partial charge in [0.25, 0.3) is 5.91 Å². The molecule has 1 fully saturated rings. The molecule has 8 heteroatoms. The van der Waals surface area contributed by atoms with Crippen LogP contribution in [-0.2, 0) is 18.4 Å². The first-order chi connectivity index (χ1) is 12.2. The Hall–Kier alpha value is -2.32. The normalized spacial score (nSPS) is 17.3. The van der Waals surface area contributed by atoms with Crippen molar-refractivity contribution in [3.8, 4) is 0 Å². The highest BCUT2D eigenvalue weighted by molar-refractivity contribution is 5.91. The SMILES string of the molecule is O=C(c1ccc(CO)o1)N1CCC(O)(c2cccc(C(F)(F)F)c2)CC1. The summed E-state index contributed by atoms with van der Waals surface area (Å²) in [4.78, 5) is 13.9. The summed E-state index contributed by atoms with van der Waals surface area (Å²) in [5.74, 6) is -0.0276. The summed E-state index contributed by atoms with van der Waals surface area (Å²) in [5.41, 5.74) is -2.04. The fourth-order valence-corrected chi connectivity index (χ4v) is 3.09. The van der Waals surface area contributed by atoms with E-state index in [1.165, 1.54) is 29.2 Å². The molecule has 0 unspecified atom stereocenters. The lowest BCUT2D eigenvalue weighted by Gasteiger charge is -2.38. The number of piperidine rings is 1. The van der Waals surface area contributed by atoms with Crippen LogP contribution in [-0.4, -0.2) is 34.1 Å². The van der Waals surface area contributed by atoms with Crippen molar-refractivity contribution in [2.24, 2.45) is 0 Å². The van der Waals surface area contributed by atoms with Gasteiger partial charge in [0.15, 0.2) is 5.76 Å². The lowest BCUT2D eigenvalue weighted by Crippen LogP contribution is -2.45. The van der Waals surface area contributed by atoms with E-state index in [4.69, 9.17) is 9.52 Å². The Morgan fingerprint density at radius 1 is 1.19 bits per heavy atom. The van der Waals surface area contributed by atoms with Gasteiger partial charge in [-0.3, -0.25) is 4.79 Å². The van der Waals surface area contributed by atoms with Crippen molar-refractivity contribution in [3.63, 3.8) is 0 Å². The predicted octanol–water partition coefficient (Wildman–Crippen LogP) is 2.91. The number of halogens is 3. The quantitative estimate of drug-likeness (QED) is 0.873. The van der Waals surface area contributed by atoms with Gasteiger partial charge in [-0.1, -0.05) is 12.1 Å². The van der Waals surface area contributed by atoms with Gasteiger partial charge in [0.2, 0.25) is 0 Å². The molecule has 0 atom stereocenters. The van der Waals surface area contributed by atoms with Crippen LogP contribution in [0.3, 0.4) is 0 Å². The van der Waals surface area contributed by atoms with Crippen molar-refractivity contribution in [2.75, 3.05) is 13.1 Å². The van der Waals surface area contributed by atoms with Crippen LogP contribution in [0.15, 0.2) is 40.8 Å². The van der Waals surface area contributed by atoms with Gasteiger partial charge in [0, 0.05) is 13.1 Å². The largest absolute Gasteiger partial charge is 0.453 e. The molecule has 140 valence electrons. The second-order valence-corrected chi connectivity index (χ2v) is 6.33. The summed E-state index contributed by atoms with van der Waals surface area (Å²) >= 11 is 0. The van der Waals surface area contributed by atoms with E-state index < -0.39 is 17.3 Å². The minimum Gasteiger partial charge on any atom is -0.453 e. The van der Waals surface area contributed by atoms with Gasteiger partial charge in [-0.15, -0.1) is 0 Å². The average molecular weight is 369 g/mol. The zero-order chi connectivity index (χ0) is 18.9. The third kappa shape index (κ3) is 3.61. The molecule has 1 aromatic carbocycles. The molecule has 5 nitrogen and oxygen atoms in total. The van der Waals surface area contributed by atoms with Gasteiger partial charge in [-0.2, -0.15) is 13.2 Å². The second kappa shape index (κ2) is 6.77. The fourth-order valence-electron chi connectivity index (χ4n) is 3.09. The van der Waals surface area contributed by atoms with E-state index in [-0.39, 0.29) is 55.5 Å². The molecule has 2 N–H and O–H groups in total. The number of carbonyl (C=O) groups excluding carboxylic acids is 1. The van der Waals surface area contributed by atoms with Crippen LogP contribution < -0.4 is 0 Å². The van der Waals surface area contributed by atoms with Gasteiger partial charge in [0.05, 0.1) is 11.2 Å². The Labute approximate surface area is 147 Å². The van der Waals surface area contributed by atoms with Crippen LogP contribution in [0.5, 0.6) is 0 Å².